The molecule has 2 aromatic carbocycles. The molecule has 1 amide bonds. The number of rotatable bonds is 6. The summed E-state index contributed by atoms with van der Waals surface area (Å²) in [5.74, 6) is -3.17. The summed E-state index contributed by atoms with van der Waals surface area (Å²) in [5.41, 5.74) is 0.140. The van der Waals surface area contributed by atoms with Crippen LogP contribution in [-0.2, 0) is 9.53 Å². The molecule has 1 N–H and O–H groups in total. The minimum Gasteiger partial charge on any atom is -0.452 e. The summed E-state index contributed by atoms with van der Waals surface area (Å²) in [5, 5.41) is 13.3. The van der Waals surface area contributed by atoms with Crippen LogP contribution in [0.25, 0.3) is 0 Å². The Hall–Kier alpha value is -3.36. The lowest BCUT2D eigenvalue weighted by molar-refractivity contribution is -0.385. The zero-order valence-electron chi connectivity index (χ0n) is 14.5. The largest absolute Gasteiger partial charge is 0.452 e. The van der Waals surface area contributed by atoms with Gasteiger partial charge in [-0.25, -0.2) is 13.6 Å². The van der Waals surface area contributed by atoms with Crippen LogP contribution in [0.1, 0.15) is 34.5 Å². The van der Waals surface area contributed by atoms with Crippen LogP contribution in [-0.4, -0.2) is 23.4 Å². The number of nitrogens with zero attached hydrogens (tertiary/aromatic N) is 1. The Bertz CT molecular complexity index is 901. The molecule has 0 bridgehead atoms. The van der Waals surface area contributed by atoms with Gasteiger partial charge in [0, 0.05) is 23.3 Å². The molecular formula is C18H16F2N2O5. The zero-order chi connectivity index (χ0) is 20.1. The first kappa shape index (κ1) is 20.0. The summed E-state index contributed by atoms with van der Waals surface area (Å²) in [4.78, 5) is 34.1. The predicted octanol–water partition coefficient (Wildman–Crippen LogP) is 3.22. The van der Waals surface area contributed by atoms with Crippen molar-refractivity contribution in [1.29, 1.82) is 0 Å². The average molecular weight is 378 g/mol. The van der Waals surface area contributed by atoms with Crippen LogP contribution < -0.4 is 5.32 Å². The Balaban J connectivity index is 1.96. The molecular weight excluding hydrogens is 362 g/mol. The number of nitro benzene ring substituents is 1. The maximum atomic E-state index is 13.7. The number of aryl methyl sites for hydroxylation is 1. The summed E-state index contributed by atoms with van der Waals surface area (Å²) >= 11 is 0. The highest BCUT2D eigenvalue weighted by Crippen LogP contribution is 2.20. The highest BCUT2D eigenvalue weighted by molar-refractivity contribution is 5.92. The van der Waals surface area contributed by atoms with E-state index in [0.29, 0.717) is 11.6 Å². The van der Waals surface area contributed by atoms with Crippen LogP contribution in [0.4, 0.5) is 14.5 Å². The lowest BCUT2D eigenvalue weighted by Crippen LogP contribution is -2.31. The van der Waals surface area contributed by atoms with Crippen molar-refractivity contribution in [3.63, 3.8) is 0 Å². The lowest BCUT2D eigenvalue weighted by Gasteiger charge is -2.15. The summed E-state index contributed by atoms with van der Waals surface area (Å²) < 4.78 is 31.4. The number of halogens is 2. The summed E-state index contributed by atoms with van der Waals surface area (Å²) in [6, 6.07) is 5.98. The quantitative estimate of drug-likeness (QED) is 0.473. The van der Waals surface area contributed by atoms with Crippen molar-refractivity contribution in [2.75, 3.05) is 6.61 Å². The van der Waals surface area contributed by atoms with Crippen molar-refractivity contribution in [1.82, 2.24) is 5.32 Å². The molecule has 2 rings (SSSR count). The molecule has 0 saturated carbocycles. The molecule has 9 heteroatoms. The zero-order valence-corrected chi connectivity index (χ0v) is 14.5. The van der Waals surface area contributed by atoms with Crippen LogP contribution in [0.3, 0.4) is 0 Å². The number of hydrogen-bond donors (Lipinski definition) is 1. The number of esters is 1. The van der Waals surface area contributed by atoms with Gasteiger partial charge in [-0.3, -0.25) is 14.9 Å². The van der Waals surface area contributed by atoms with Crippen LogP contribution in [0.2, 0.25) is 0 Å². The highest BCUT2D eigenvalue weighted by atomic mass is 19.1. The first-order valence-electron chi connectivity index (χ1n) is 7.85. The van der Waals surface area contributed by atoms with E-state index in [0.717, 1.165) is 12.1 Å². The van der Waals surface area contributed by atoms with Crippen LogP contribution >= 0.6 is 0 Å². The van der Waals surface area contributed by atoms with Crippen LogP contribution in [0.5, 0.6) is 0 Å². The molecule has 0 radical (unpaired) electrons. The van der Waals surface area contributed by atoms with E-state index in [1.54, 1.807) is 0 Å². The van der Waals surface area contributed by atoms with E-state index < -0.39 is 41.1 Å². The minimum atomic E-state index is -0.908. The van der Waals surface area contributed by atoms with Crippen molar-refractivity contribution in [3.05, 3.63) is 74.8 Å². The van der Waals surface area contributed by atoms with Gasteiger partial charge < -0.3 is 10.1 Å². The van der Waals surface area contributed by atoms with Gasteiger partial charge in [-0.1, -0.05) is 12.1 Å². The molecule has 0 aliphatic rings. The Labute approximate surface area is 153 Å². The number of benzene rings is 2. The molecule has 2 aromatic rings. The van der Waals surface area contributed by atoms with Gasteiger partial charge >= 0.3 is 5.97 Å². The first-order valence-corrected chi connectivity index (χ1v) is 7.85. The molecule has 27 heavy (non-hydrogen) atoms. The van der Waals surface area contributed by atoms with Gasteiger partial charge in [-0.05, 0) is 26.0 Å². The third-order valence-electron chi connectivity index (χ3n) is 3.78. The van der Waals surface area contributed by atoms with Gasteiger partial charge in [0.2, 0.25) is 0 Å². The SMILES string of the molecule is Cc1ccc(C(=O)OCC(=O)N[C@@H](C)c2ccc(F)cc2F)cc1[N+](=O)[O-]. The fraction of sp³-hybridized carbons (Fsp3) is 0.222. The van der Waals surface area contributed by atoms with Gasteiger partial charge in [-0.2, -0.15) is 0 Å². The fourth-order valence-corrected chi connectivity index (χ4v) is 2.36. The van der Waals surface area contributed by atoms with E-state index in [9.17, 15) is 28.5 Å². The van der Waals surface area contributed by atoms with E-state index in [1.807, 2.05) is 0 Å². The topological polar surface area (TPSA) is 98.5 Å². The van der Waals surface area contributed by atoms with Crippen molar-refractivity contribution < 1.29 is 28.0 Å². The van der Waals surface area contributed by atoms with Crippen molar-refractivity contribution in [3.8, 4) is 0 Å². The van der Waals surface area contributed by atoms with E-state index >= 15 is 0 Å². The van der Waals surface area contributed by atoms with Crippen molar-refractivity contribution in [2.24, 2.45) is 0 Å². The molecule has 7 nitrogen and oxygen atoms in total. The molecule has 0 aliphatic carbocycles. The summed E-state index contributed by atoms with van der Waals surface area (Å²) in [6.07, 6.45) is 0. The number of nitro groups is 1. The summed E-state index contributed by atoms with van der Waals surface area (Å²) in [6.45, 7) is 2.35. The maximum Gasteiger partial charge on any atom is 0.338 e. The van der Waals surface area contributed by atoms with Crippen molar-refractivity contribution in [2.45, 2.75) is 19.9 Å². The van der Waals surface area contributed by atoms with Gasteiger partial charge in [0.15, 0.2) is 6.61 Å². The third-order valence-corrected chi connectivity index (χ3v) is 3.78. The van der Waals surface area contributed by atoms with Crippen molar-refractivity contribution >= 4 is 17.6 Å². The number of nitrogens with one attached hydrogen (secondary N) is 1. The van der Waals surface area contributed by atoms with Gasteiger partial charge in [0.25, 0.3) is 11.6 Å². The highest BCUT2D eigenvalue weighted by Gasteiger charge is 2.18. The standard InChI is InChI=1S/C18H16F2N2O5/c1-10-3-4-12(7-16(10)22(25)26)18(24)27-9-17(23)21-11(2)14-6-5-13(19)8-15(14)20/h3-8,11H,9H2,1-2H3,(H,21,23)/t11-/m0/s1. The molecule has 0 aliphatic heterocycles. The number of carbonyl (C=O) groups excluding carboxylic acids is 2. The average Bonchev–Trinajstić information content (AvgIpc) is 2.59. The van der Waals surface area contributed by atoms with Gasteiger partial charge in [0.1, 0.15) is 11.6 Å². The molecule has 0 unspecified atom stereocenters. The monoisotopic (exact) mass is 378 g/mol. The Kier molecular flexibility index (Phi) is 6.17. The maximum absolute atomic E-state index is 13.7. The second-order valence-corrected chi connectivity index (χ2v) is 5.79. The van der Waals surface area contributed by atoms with E-state index in [2.05, 4.69) is 5.32 Å². The fourth-order valence-electron chi connectivity index (χ4n) is 2.36. The van der Waals surface area contributed by atoms with Gasteiger partial charge in [-0.15, -0.1) is 0 Å². The Morgan fingerprint density at radius 2 is 1.93 bits per heavy atom. The Morgan fingerprint density at radius 1 is 1.22 bits per heavy atom. The first-order chi connectivity index (χ1) is 12.7. The second-order valence-electron chi connectivity index (χ2n) is 5.79. The molecule has 0 saturated heterocycles. The number of ether oxygens (including phenoxy) is 1. The normalized spacial score (nSPS) is 11.6. The molecule has 1 atom stereocenters. The second kappa shape index (κ2) is 8.35. The van der Waals surface area contributed by atoms with E-state index in [1.165, 1.54) is 32.0 Å². The lowest BCUT2D eigenvalue weighted by atomic mass is 10.1. The third kappa shape index (κ3) is 5.06. The molecule has 142 valence electrons. The van der Waals surface area contributed by atoms with Gasteiger partial charge in [0.05, 0.1) is 16.5 Å². The van der Waals surface area contributed by atoms with E-state index in [-0.39, 0.29) is 16.8 Å². The molecule has 0 spiro atoms. The predicted molar refractivity (Wildman–Crippen MR) is 91.0 cm³/mol. The Morgan fingerprint density at radius 3 is 2.56 bits per heavy atom. The van der Waals surface area contributed by atoms with Crippen LogP contribution in [0, 0.1) is 28.7 Å². The molecule has 0 aromatic heterocycles. The number of hydrogen-bond acceptors (Lipinski definition) is 5. The van der Waals surface area contributed by atoms with Crippen LogP contribution in [0.15, 0.2) is 36.4 Å². The smallest absolute Gasteiger partial charge is 0.338 e. The summed E-state index contributed by atoms with van der Waals surface area (Å²) in [7, 11) is 0. The molecule has 0 heterocycles. The minimum absolute atomic E-state index is 0.0715. The number of amides is 1. The van der Waals surface area contributed by atoms with E-state index in [4.69, 9.17) is 4.74 Å². The number of carbonyl (C=O) groups is 2. The molecule has 0 fully saturated rings.